The van der Waals surface area contributed by atoms with Gasteiger partial charge in [-0.2, -0.15) is 0 Å². The van der Waals surface area contributed by atoms with Gasteiger partial charge in [0.25, 0.3) is 0 Å². The highest BCUT2D eigenvalue weighted by Gasteiger charge is 2.53. The monoisotopic (exact) mass is 424 g/mol. The van der Waals surface area contributed by atoms with E-state index in [1.54, 1.807) is 0 Å². The van der Waals surface area contributed by atoms with Crippen molar-refractivity contribution in [1.82, 2.24) is 0 Å². The van der Waals surface area contributed by atoms with Gasteiger partial charge in [0.2, 0.25) is 0 Å². The molecule has 3 heteroatoms. The first-order valence-electron chi connectivity index (χ1n) is 10.5. The zero-order chi connectivity index (χ0) is 21.0. The summed E-state index contributed by atoms with van der Waals surface area (Å²) in [6, 6.07) is 42.1. The van der Waals surface area contributed by atoms with Crippen molar-refractivity contribution >= 4 is 35.9 Å². The van der Waals surface area contributed by atoms with Crippen LogP contribution >= 0.6 is 0 Å². The quantitative estimate of drug-likeness (QED) is 0.471. The van der Waals surface area contributed by atoms with Gasteiger partial charge in [-0.25, -0.2) is 0 Å². The van der Waals surface area contributed by atoms with Crippen LogP contribution < -0.4 is 20.7 Å². The molecule has 1 nitrogen and oxygen atoms in total. The van der Waals surface area contributed by atoms with E-state index in [0.717, 1.165) is 5.56 Å². The molecule has 0 spiro atoms. The minimum atomic E-state index is -2.22. The molecule has 0 aromatic heterocycles. The minimum Gasteiger partial charge on any atom is -0.392 e. The number of aliphatic hydroxyl groups is 1. The van der Waals surface area contributed by atoms with Gasteiger partial charge in [-0.05, 0) is 5.56 Å². The van der Waals surface area contributed by atoms with E-state index in [1.165, 1.54) is 20.7 Å². The first-order chi connectivity index (χ1) is 14.6. The molecule has 0 aliphatic rings. The van der Waals surface area contributed by atoms with E-state index in [1.807, 2.05) is 0 Å². The van der Waals surface area contributed by atoms with Crippen LogP contribution in [0.1, 0.15) is 5.56 Å². The maximum Gasteiger partial charge on any atom is 0.118 e. The highest BCUT2D eigenvalue weighted by atomic mass is 29.3. The van der Waals surface area contributed by atoms with Gasteiger partial charge in [-0.15, -0.1) is 0 Å². The molecule has 0 heterocycles. The first-order valence-corrected chi connectivity index (χ1v) is 16.5. The van der Waals surface area contributed by atoms with Crippen molar-refractivity contribution in [2.24, 2.45) is 0 Å². The molecule has 0 aliphatic heterocycles. The SMILES string of the molecule is C[Si](c1ccccc1)(c1ccccc1)[Si](C)(c1ccccc1)c1ccc(CO)cc1. The summed E-state index contributed by atoms with van der Waals surface area (Å²) in [5.74, 6) is 0. The average Bonchev–Trinajstić information content (AvgIpc) is 2.84. The fourth-order valence-electron chi connectivity index (χ4n) is 4.75. The van der Waals surface area contributed by atoms with Crippen LogP contribution in [0.2, 0.25) is 13.1 Å². The van der Waals surface area contributed by atoms with E-state index in [4.69, 9.17) is 0 Å². The van der Waals surface area contributed by atoms with Gasteiger partial charge in [0.1, 0.15) is 15.2 Å². The summed E-state index contributed by atoms with van der Waals surface area (Å²) in [7, 11) is -4.40. The number of hydrogen-bond donors (Lipinski definition) is 1. The molecule has 0 aliphatic carbocycles. The van der Waals surface area contributed by atoms with Crippen LogP contribution in [0.4, 0.5) is 0 Å². The molecule has 150 valence electrons. The second-order valence-corrected chi connectivity index (χ2v) is 21.0. The third kappa shape index (κ3) is 3.39. The van der Waals surface area contributed by atoms with Crippen molar-refractivity contribution in [2.45, 2.75) is 19.7 Å². The van der Waals surface area contributed by atoms with Gasteiger partial charge >= 0.3 is 0 Å². The Morgan fingerprint density at radius 2 is 0.767 bits per heavy atom. The number of benzene rings is 4. The topological polar surface area (TPSA) is 20.2 Å². The number of hydrogen-bond acceptors (Lipinski definition) is 1. The molecule has 1 unspecified atom stereocenters. The maximum atomic E-state index is 9.58. The Morgan fingerprint density at radius 3 is 1.07 bits per heavy atom. The third-order valence-electron chi connectivity index (χ3n) is 6.77. The van der Waals surface area contributed by atoms with Gasteiger partial charge in [0, 0.05) is 0 Å². The molecule has 4 aromatic carbocycles. The number of rotatable bonds is 6. The van der Waals surface area contributed by atoms with E-state index in [-0.39, 0.29) is 6.61 Å². The van der Waals surface area contributed by atoms with Gasteiger partial charge in [0.15, 0.2) is 0 Å². The van der Waals surface area contributed by atoms with Gasteiger partial charge in [-0.3, -0.25) is 0 Å². The van der Waals surface area contributed by atoms with E-state index < -0.39 is 15.2 Å². The van der Waals surface area contributed by atoms with Crippen LogP contribution in [0.25, 0.3) is 0 Å². The summed E-state index contributed by atoms with van der Waals surface area (Å²) < 4.78 is 0. The van der Waals surface area contributed by atoms with Gasteiger partial charge in [0.05, 0.1) is 6.61 Å². The molecule has 0 bridgehead atoms. The standard InChI is InChI=1S/C27H28OSi2/c1-29(24-12-6-3-7-13-24,25-14-8-4-9-15-25)30(2,26-16-10-5-11-17-26)27-20-18-23(22-28)19-21-27/h3-21,28H,22H2,1-2H3. The highest BCUT2D eigenvalue weighted by Crippen LogP contribution is 2.21. The smallest absolute Gasteiger partial charge is 0.118 e. The highest BCUT2D eigenvalue weighted by molar-refractivity contribution is 7.59. The van der Waals surface area contributed by atoms with E-state index in [2.05, 4.69) is 128 Å². The lowest BCUT2D eigenvalue weighted by atomic mass is 10.2. The van der Waals surface area contributed by atoms with Crippen LogP contribution in [0.5, 0.6) is 0 Å². The molecule has 0 saturated heterocycles. The molecule has 1 atom stereocenters. The Morgan fingerprint density at radius 1 is 0.467 bits per heavy atom. The number of aliphatic hydroxyl groups excluding tert-OH is 1. The maximum absolute atomic E-state index is 9.58. The Kier molecular flexibility index (Phi) is 5.86. The first kappa shape index (κ1) is 20.5. The lowest BCUT2D eigenvalue weighted by Gasteiger charge is -2.45. The zero-order valence-electron chi connectivity index (χ0n) is 17.6. The van der Waals surface area contributed by atoms with Crippen molar-refractivity contribution in [3.63, 3.8) is 0 Å². The zero-order valence-corrected chi connectivity index (χ0v) is 19.6. The van der Waals surface area contributed by atoms with E-state index >= 15 is 0 Å². The normalized spacial score (nSPS) is 13.6. The van der Waals surface area contributed by atoms with Crippen molar-refractivity contribution in [2.75, 3.05) is 0 Å². The minimum absolute atomic E-state index is 0.0793. The summed E-state index contributed by atoms with van der Waals surface area (Å²) >= 11 is 0. The largest absolute Gasteiger partial charge is 0.392 e. The third-order valence-corrected chi connectivity index (χ3v) is 24.2. The van der Waals surface area contributed by atoms with Crippen molar-refractivity contribution in [1.29, 1.82) is 0 Å². The predicted molar refractivity (Wildman–Crippen MR) is 133 cm³/mol. The summed E-state index contributed by atoms with van der Waals surface area (Å²) in [5.41, 5.74) is 0.964. The predicted octanol–water partition coefficient (Wildman–Crippen LogP) is 3.34. The van der Waals surface area contributed by atoms with E-state index in [9.17, 15) is 5.11 Å². The molecule has 30 heavy (non-hydrogen) atoms. The molecule has 4 aromatic rings. The summed E-state index contributed by atoms with van der Waals surface area (Å²) in [4.78, 5) is 0. The van der Waals surface area contributed by atoms with Gasteiger partial charge < -0.3 is 5.11 Å². The molecule has 0 saturated carbocycles. The Balaban J connectivity index is 2.06. The van der Waals surface area contributed by atoms with Crippen molar-refractivity contribution in [3.8, 4) is 0 Å². The summed E-state index contributed by atoms with van der Waals surface area (Å²) in [5, 5.41) is 15.4. The Bertz CT molecular complexity index is 1040. The van der Waals surface area contributed by atoms with Crippen LogP contribution in [0.3, 0.4) is 0 Å². The molecule has 1 N–H and O–H groups in total. The summed E-state index contributed by atoms with van der Waals surface area (Å²) in [6.07, 6.45) is 0. The average molecular weight is 425 g/mol. The van der Waals surface area contributed by atoms with Crippen LogP contribution in [0.15, 0.2) is 115 Å². The fraction of sp³-hybridized carbons (Fsp3) is 0.111. The molecule has 0 amide bonds. The van der Waals surface area contributed by atoms with Gasteiger partial charge in [-0.1, -0.05) is 149 Å². The lowest BCUT2D eigenvalue weighted by molar-refractivity contribution is 0.282. The van der Waals surface area contributed by atoms with Crippen molar-refractivity contribution < 1.29 is 5.11 Å². The Hall–Kier alpha value is -2.73. The van der Waals surface area contributed by atoms with Crippen molar-refractivity contribution in [3.05, 3.63) is 121 Å². The second-order valence-electron chi connectivity index (χ2n) is 8.20. The summed E-state index contributed by atoms with van der Waals surface area (Å²) in [6.45, 7) is 5.18. The molecule has 0 radical (unpaired) electrons. The van der Waals surface area contributed by atoms with Crippen LogP contribution in [-0.2, 0) is 6.61 Å². The van der Waals surface area contributed by atoms with Crippen LogP contribution in [-0.4, -0.2) is 20.3 Å². The molecule has 0 fully saturated rings. The molecule has 4 rings (SSSR count). The second kappa shape index (κ2) is 8.56. The van der Waals surface area contributed by atoms with E-state index in [0.29, 0.717) is 0 Å². The Labute approximate surface area is 181 Å². The van der Waals surface area contributed by atoms with Crippen LogP contribution in [0, 0.1) is 0 Å². The molecular weight excluding hydrogens is 396 g/mol. The fourth-order valence-corrected chi connectivity index (χ4v) is 20.1. The lowest BCUT2D eigenvalue weighted by Crippen LogP contribution is -2.82. The molecular formula is C27H28OSi2.